The molecule has 28 heavy (non-hydrogen) atoms. The van der Waals surface area contributed by atoms with Crippen LogP contribution in [0.2, 0.25) is 0 Å². The number of pyridine rings is 1. The largest absolute Gasteiger partial charge is 0.497 e. The predicted octanol–water partition coefficient (Wildman–Crippen LogP) is 2.97. The van der Waals surface area contributed by atoms with E-state index in [9.17, 15) is 14.9 Å². The molecular weight excluding hydrogens is 380 g/mol. The van der Waals surface area contributed by atoms with Crippen LogP contribution in [0.25, 0.3) is 10.9 Å². The number of aromatic nitrogens is 1. The highest BCUT2D eigenvalue weighted by Gasteiger charge is 2.06. The van der Waals surface area contributed by atoms with Gasteiger partial charge in [0.2, 0.25) is 0 Å². The molecule has 0 bridgehead atoms. The number of hydrogen-bond acceptors (Lipinski definition) is 5. The summed E-state index contributed by atoms with van der Waals surface area (Å²) in [6.07, 6.45) is 0.486. The Morgan fingerprint density at radius 1 is 1.21 bits per heavy atom. The van der Waals surface area contributed by atoms with Gasteiger partial charge in [0, 0.05) is 36.0 Å². The van der Waals surface area contributed by atoms with E-state index in [4.69, 9.17) is 17.0 Å². The molecule has 0 aliphatic carbocycles. The van der Waals surface area contributed by atoms with E-state index in [1.807, 2.05) is 18.2 Å². The Kier molecular flexibility index (Phi) is 5.85. The Hall–Kier alpha value is -3.46. The minimum atomic E-state index is -0.461. The number of aromatic amines is 1. The average molecular weight is 398 g/mol. The van der Waals surface area contributed by atoms with Crippen molar-refractivity contribution in [3.63, 3.8) is 0 Å². The second-order valence-corrected chi connectivity index (χ2v) is 6.42. The van der Waals surface area contributed by atoms with Crippen LogP contribution in [0, 0.1) is 10.1 Å². The molecule has 1 heterocycles. The predicted molar refractivity (Wildman–Crippen MR) is 112 cm³/mol. The maximum Gasteiger partial charge on any atom is 0.269 e. The van der Waals surface area contributed by atoms with Gasteiger partial charge in [0.05, 0.1) is 17.5 Å². The summed E-state index contributed by atoms with van der Waals surface area (Å²) in [6, 6.07) is 13.3. The molecule has 9 heteroatoms. The van der Waals surface area contributed by atoms with Crippen molar-refractivity contribution in [2.75, 3.05) is 19.0 Å². The molecule has 0 aliphatic heterocycles. The van der Waals surface area contributed by atoms with Crippen LogP contribution in [0.3, 0.4) is 0 Å². The smallest absolute Gasteiger partial charge is 0.269 e. The second-order valence-electron chi connectivity index (χ2n) is 6.01. The fourth-order valence-electron chi connectivity index (χ4n) is 2.69. The maximum atomic E-state index is 12.3. The Bertz CT molecular complexity index is 1080. The van der Waals surface area contributed by atoms with Gasteiger partial charge in [-0.2, -0.15) is 0 Å². The summed E-state index contributed by atoms with van der Waals surface area (Å²) in [4.78, 5) is 25.3. The molecule has 2 aromatic carbocycles. The van der Waals surface area contributed by atoms with Gasteiger partial charge >= 0.3 is 0 Å². The fourth-order valence-corrected chi connectivity index (χ4v) is 2.91. The molecular formula is C19H18N4O4S. The van der Waals surface area contributed by atoms with E-state index in [-0.39, 0.29) is 11.2 Å². The van der Waals surface area contributed by atoms with Crippen LogP contribution < -0.4 is 20.9 Å². The molecule has 0 radical (unpaired) electrons. The van der Waals surface area contributed by atoms with Crippen molar-refractivity contribution in [1.29, 1.82) is 0 Å². The summed E-state index contributed by atoms with van der Waals surface area (Å²) in [5.41, 5.74) is 1.86. The molecule has 1 aromatic heterocycles. The van der Waals surface area contributed by atoms with Crippen LogP contribution in [0.4, 0.5) is 11.4 Å². The van der Waals surface area contributed by atoms with Gasteiger partial charge in [-0.05, 0) is 54.4 Å². The Morgan fingerprint density at radius 3 is 2.64 bits per heavy atom. The number of rotatable bonds is 6. The summed E-state index contributed by atoms with van der Waals surface area (Å²) in [7, 11) is 1.58. The lowest BCUT2D eigenvalue weighted by molar-refractivity contribution is -0.384. The minimum absolute atomic E-state index is 0.0116. The molecule has 0 saturated carbocycles. The van der Waals surface area contributed by atoms with Crippen LogP contribution in [0.1, 0.15) is 5.56 Å². The number of ether oxygens (including phenoxy) is 1. The molecule has 0 spiro atoms. The quantitative estimate of drug-likeness (QED) is 0.333. The van der Waals surface area contributed by atoms with E-state index >= 15 is 0 Å². The molecule has 0 saturated heterocycles. The van der Waals surface area contributed by atoms with Crippen molar-refractivity contribution in [3.8, 4) is 5.75 Å². The van der Waals surface area contributed by atoms with E-state index in [0.29, 0.717) is 35.1 Å². The maximum absolute atomic E-state index is 12.3. The number of nitrogens with one attached hydrogen (secondary N) is 3. The van der Waals surface area contributed by atoms with Crippen LogP contribution in [0.5, 0.6) is 5.75 Å². The van der Waals surface area contributed by atoms with Crippen LogP contribution >= 0.6 is 12.2 Å². The lowest BCUT2D eigenvalue weighted by atomic mass is 10.1. The summed E-state index contributed by atoms with van der Waals surface area (Å²) in [5.74, 6) is 0.681. The number of H-pyrrole nitrogens is 1. The molecule has 0 amide bonds. The van der Waals surface area contributed by atoms with Gasteiger partial charge in [-0.1, -0.05) is 0 Å². The zero-order valence-corrected chi connectivity index (χ0v) is 15.8. The summed E-state index contributed by atoms with van der Waals surface area (Å²) in [5, 5.41) is 17.9. The zero-order valence-electron chi connectivity index (χ0n) is 15.0. The van der Waals surface area contributed by atoms with E-state index in [2.05, 4.69) is 15.6 Å². The number of thiocarbonyl (C=S) groups is 1. The number of anilines is 1. The molecule has 0 fully saturated rings. The number of fused-ring (bicyclic) bond motifs is 1. The van der Waals surface area contributed by atoms with Gasteiger partial charge in [0.25, 0.3) is 11.2 Å². The van der Waals surface area contributed by atoms with Gasteiger partial charge in [-0.15, -0.1) is 0 Å². The Balaban J connectivity index is 1.58. The average Bonchev–Trinajstić information content (AvgIpc) is 2.68. The standard InChI is InChI=1S/C19H18N4O4S/c1-27-16-7-2-12-10-13(18(24)22-17(12)11-16)8-9-20-19(28)21-14-3-5-15(6-4-14)23(25)26/h2-7,10-11H,8-9H2,1H3,(H,22,24)(H2,20,21,28). The fraction of sp³-hybridized carbons (Fsp3) is 0.158. The number of hydrogen-bond donors (Lipinski definition) is 3. The van der Waals surface area contributed by atoms with Gasteiger partial charge in [-0.25, -0.2) is 0 Å². The monoisotopic (exact) mass is 398 g/mol. The van der Waals surface area contributed by atoms with Gasteiger partial charge in [-0.3, -0.25) is 14.9 Å². The van der Waals surface area contributed by atoms with Crippen molar-refractivity contribution < 1.29 is 9.66 Å². The van der Waals surface area contributed by atoms with E-state index in [0.717, 1.165) is 10.9 Å². The highest BCUT2D eigenvalue weighted by atomic mass is 32.1. The van der Waals surface area contributed by atoms with Crippen LogP contribution in [-0.4, -0.2) is 28.7 Å². The summed E-state index contributed by atoms with van der Waals surface area (Å²) in [6.45, 7) is 0.462. The molecule has 0 unspecified atom stereocenters. The van der Waals surface area contributed by atoms with E-state index in [1.165, 1.54) is 12.1 Å². The topological polar surface area (TPSA) is 109 Å². The molecule has 3 rings (SSSR count). The van der Waals surface area contributed by atoms with Gasteiger partial charge in [0.15, 0.2) is 5.11 Å². The second kappa shape index (κ2) is 8.49. The number of methoxy groups -OCH3 is 1. The highest BCUT2D eigenvalue weighted by molar-refractivity contribution is 7.80. The lowest BCUT2D eigenvalue weighted by Crippen LogP contribution is -2.31. The lowest BCUT2D eigenvalue weighted by Gasteiger charge is -2.10. The molecule has 3 aromatic rings. The van der Waals surface area contributed by atoms with Crippen molar-refractivity contribution in [2.45, 2.75) is 6.42 Å². The number of nitro groups is 1. The summed E-state index contributed by atoms with van der Waals surface area (Å²) >= 11 is 5.22. The molecule has 144 valence electrons. The number of nitro benzene ring substituents is 1. The number of benzene rings is 2. The Morgan fingerprint density at radius 2 is 1.96 bits per heavy atom. The molecule has 0 atom stereocenters. The van der Waals surface area contributed by atoms with Crippen molar-refractivity contribution >= 4 is 39.6 Å². The van der Waals surface area contributed by atoms with Crippen molar-refractivity contribution in [1.82, 2.24) is 10.3 Å². The number of non-ortho nitro benzene ring substituents is 1. The molecule has 3 N–H and O–H groups in total. The van der Waals surface area contributed by atoms with Crippen molar-refractivity contribution in [2.24, 2.45) is 0 Å². The first-order valence-corrected chi connectivity index (χ1v) is 8.86. The van der Waals surface area contributed by atoms with Crippen LogP contribution in [-0.2, 0) is 6.42 Å². The first-order valence-electron chi connectivity index (χ1n) is 8.45. The van der Waals surface area contributed by atoms with E-state index in [1.54, 1.807) is 25.3 Å². The SMILES string of the molecule is COc1ccc2cc(CCNC(=S)Nc3ccc([N+](=O)[O-])cc3)c(=O)[nH]c2c1. The van der Waals surface area contributed by atoms with Gasteiger partial charge in [0.1, 0.15) is 5.75 Å². The highest BCUT2D eigenvalue weighted by Crippen LogP contribution is 2.18. The molecule has 0 aliphatic rings. The van der Waals surface area contributed by atoms with Crippen LogP contribution in [0.15, 0.2) is 53.3 Å². The third kappa shape index (κ3) is 4.63. The third-order valence-electron chi connectivity index (χ3n) is 4.15. The first-order chi connectivity index (χ1) is 13.5. The number of nitrogens with zero attached hydrogens (tertiary/aromatic N) is 1. The Labute approximate surface area is 165 Å². The first kappa shape index (κ1) is 19.3. The van der Waals surface area contributed by atoms with Crippen molar-refractivity contribution in [3.05, 3.63) is 74.6 Å². The van der Waals surface area contributed by atoms with Gasteiger partial charge < -0.3 is 20.4 Å². The third-order valence-corrected chi connectivity index (χ3v) is 4.39. The summed E-state index contributed by atoms with van der Waals surface area (Å²) < 4.78 is 5.16. The molecule has 8 nitrogen and oxygen atoms in total. The normalized spacial score (nSPS) is 10.5. The zero-order chi connectivity index (χ0) is 20.1. The minimum Gasteiger partial charge on any atom is -0.497 e. The van der Waals surface area contributed by atoms with E-state index < -0.39 is 4.92 Å².